The summed E-state index contributed by atoms with van der Waals surface area (Å²) in [5.41, 5.74) is -0.348. The van der Waals surface area contributed by atoms with Crippen molar-refractivity contribution in [1.29, 1.82) is 0 Å². The lowest BCUT2D eigenvalue weighted by Gasteiger charge is -2.23. The van der Waals surface area contributed by atoms with Gasteiger partial charge in [-0.05, 0) is 24.3 Å². The van der Waals surface area contributed by atoms with Gasteiger partial charge in [-0.1, -0.05) is 158 Å². The molecule has 0 heterocycles. The molecule has 8 N–H and O–H groups in total. The molecule has 0 aliphatic heterocycles. The highest BCUT2D eigenvalue weighted by atomic mass is 16.6. The fraction of sp³-hybridized carbons (Fsp3) is 0.0543. The monoisotopic (exact) mass is 1640 g/mol. The summed E-state index contributed by atoms with van der Waals surface area (Å²) >= 11 is 0. The van der Waals surface area contributed by atoms with E-state index in [1.54, 1.807) is 115 Å². The molecule has 0 radical (unpaired) electrons. The summed E-state index contributed by atoms with van der Waals surface area (Å²) in [6.45, 7) is 3.35. The van der Waals surface area contributed by atoms with Crippen LogP contribution in [0.4, 0.5) is 0 Å². The number of carbonyl (C=O) groups is 15. The molecule has 0 unspecified atom stereocenters. The molecule has 0 saturated heterocycles. The number of benzene rings is 12. The Kier molecular flexibility index (Phi) is 22.7. The molecule has 5 aliphatic rings. The number of fused-ring (bicyclic) bond motifs is 10. The van der Waals surface area contributed by atoms with Gasteiger partial charge in [0.1, 0.15) is 28.7 Å². The smallest absolute Gasteiger partial charge is 0.343 e. The minimum atomic E-state index is -0.793. The molecule has 0 amide bonds. The van der Waals surface area contributed by atoms with E-state index >= 15 is 0 Å². The number of hydrogen-bond donors (Lipinski definition) is 8. The third-order valence-corrected chi connectivity index (χ3v) is 19.1. The van der Waals surface area contributed by atoms with Gasteiger partial charge in [0.25, 0.3) is 0 Å². The molecule has 12 aromatic rings. The molecule has 0 saturated carbocycles. The van der Waals surface area contributed by atoms with E-state index in [0.717, 1.165) is 45.0 Å². The number of hydrogen-bond acceptors (Lipinski definition) is 30. The van der Waals surface area contributed by atoms with Crippen LogP contribution in [0.25, 0.3) is 0 Å². The first-order valence-corrected chi connectivity index (χ1v) is 36.0. The number of carbonyl (C=O) groups excluding carboxylic acids is 15. The molecule has 5 aliphatic carbocycles. The number of ether oxygens (including phenoxy) is 7. The summed E-state index contributed by atoms with van der Waals surface area (Å²) in [6.07, 6.45) is 0. The summed E-state index contributed by atoms with van der Waals surface area (Å²) in [5.74, 6) is -15.6. The summed E-state index contributed by atoms with van der Waals surface area (Å²) in [5, 5.41) is 79.1. The van der Waals surface area contributed by atoms with Crippen LogP contribution in [-0.4, -0.2) is 143 Å². The molecule has 0 spiro atoms. The van der Waals surface area contributed by atoms with Crippen molar-refractivity contribution in [3.05, 3.63) is 335 Å². The molecule has 17 rings (SSSR count). The van der Waals surface area contributed by atoms with E-state index in [2.05, 4.69) is 0 Å². The molecule has 606 valence electrons. The Morgan fingerprint density at radius 2 is 0.451 bits per heavy atom. The Bertz CT molecular complexity index is 6650. The van der Waals surface area contributed by atoms with Gasteiger partial charge in [0, 0.05) is 107 Å². The van der Waals surface area contributed by atoms with Crippen molar-refractivity contribution in [1.82, 2.24) is 0 Å². The standard InChI is InChI=1S/C24H16O7.C23H14O7.C16H10O6.C15H10O5.C14H8O5/c1-13(25)30-23-18(31-24(28)14-8-4-3-5-9-14)12-17(29-2)19-20(23)22(27)16-11-7-6-10-15(16)21(19)26;1-12(24)29-22-17(30-23(28)13-7-3-2-4-8-13)11-16(25)18-19(22)21(27)15-10-6-5-9-14(15)20(18)26;1-7(17)22-11-6-10(18)12-13(16(11)21)15(20)9-5-3-2-4-8(9)14(12)19;1-20-10-6-9(16)15(19)12-11(10)13(17)7-4-2-3-5-8(7)14(12)18;15-8-5-9(16)14(19)11-10(8)12(17)6-3-1-2-4-7(6)13(11)18/h3-12H,1-2H3;2-11,25H,1H3;2-6,18,21H,1H3;2-6,16,19H,1H3;1-5,15-16,19H. The van der Waals surface area contributed by atoms with E-state index in [4.69, 9.17) is 33.2 Å². The number of phenolic OH excluding ortho intramolecular Hbond substituents is 8. The van der Waals surface area contributed by atoms with E-state index < -0.39 is 139 Å². The van der Waals surface area contributed by atoms with Gasteiger partial charge < -0.3 is 74.0 Å². The molecule has 0 aromatic heterocycles. The largest absolute Gasteiger partial charge is 0.507 e. The van der Waals surface area contributed by atoms with Crippen LogP contribution in [0.3, 0.4) is 0 Å². The number of phenols is 8. The number of aromatic hydroxyl groups is 8. The molecule has 30 heteroatoms. The molecule has 122 heavy (non-hydrogen) atoms. The zero-order valence-corrected chi connectivity index (χ0v) is 63.8. The maximum Gasteiger partial charge on any atom is 0.343 e. The lowest BCUT2D eigenvalue weighted by molar-refractivity contribution is -0.132. The van der Waals surface area contributed by atoms with Crippen LogP contribution in [0.2, 0.25) is 0 Å². The first-order chi connectivity index (χ1) is 58.3. The molecular weight excluding hydrogens is 1580 g/mol. The van der Waals surface area contributed by atoms with E-state index in [1.807, 2.05) is 0 Å². The second kappa shape index (κ2) is 33.5. The van der Waals surface area contributed by atoms with Crippen molar-refractivity contribution in [2.75, 3.05) is 14.2 Å². The number of ketones is 10. The van der Waals surface area contributed by atoms with Gasteiger partial charge in [0.2, 0.25) is 0 Å². The van der Waals surface area contributed by atoms with Gasteiger partial charge in [-0.3, -0.25) is 62.3 Å². The van der Waals surface area contributed by atoms with Crippen LogP contribution in [0.1, 0.15) is 201 Å². The van der Waals surface area contributed by atoms with Crippen LogP contribution in [-0.2, 0) is 14.4 Å². The minimum absolute atomic E-state index is 0.0218. The minimum Gasteiger partial charge on any atom is -0.507 e. The zero-order valence-electron chi connectivity index (χ0n) is 63.8. The van der Waals surface area contributed by atoms with Gasteiger partial charge in [-0.25, -0.2) is 9.59 Å². The van der Waals surface area contributed by atoms with Crippen LogP contribution < -0.4 is 33.2 Å². The molecule has 0 atom stereocenters. The van der Waals surface area contributed by atoms with Gasteiger partial charge in [0.05, 0.1) is 81.0 Å². The second-order valence-electron chi connectivity index (χ2n) is 26.6. The van der Waals surface area contributed by atoms with Gasteiger partial charge in [0.15, 0.2) is 115 Å². The van der Waals surface area contributed by atoms with Crippen molar-refractivity contribution in [2.24, 2.45) is 0 Å². The maximum absolute atomic E-state index is 13.3. The fourth-order valence-electron chi connectivity index (χ4n) is 13.8. The third kappa shape index (κ3) is 15.0. The topological polar surface area (TPSA) is 482 Å². The van der Waals surface area contributed by atoms with Crippen LogP contribution in [0, 0.1) is 0 Å². The van der Waals surface area contributed by atoms with Crippen molar-refractivity contribution >= 4 is 87.7 Å². The fourth-order valence-corrected chi connectivity index (χ4v) is 13.8. The van der Waals surface area contributed by atoms with Gasteiger partial charge >= 0.3 is 29.8 Å². The van der Waals surface area contributed by atoms with Gasteiger partial charge in [-0.2, -0.15) is 0 Å². The maximum atomic E-state index is 13.3. The van der Waals surface area contributed by atoms with E-state index in [1.165, 1.54) is 87.0 Å². The highest BCUT2D eigenvalue weighted by molar-refractivity contribution is 6.35. The van der Waals surface area contributed by atoms with Crippen molar-refractivity contribution in [3.8, 4) is 86.2 Å². The Morgan fingerprint density at radius 3 is 0.787 bits per heavy atom. The van der Waals surface area contributed by atoms with Crippen LogP contribution in [0.15, 0.2) is 212 Å². The lowest BCUT2D eigenvalue weighted by Crippen LogP contribution is -2.24. The second-order valence-corrected chi connectivity index (χ2v) is 26.6. The van der Waals surface area contributed by atoms with Crippen LogP contribution >= 0.6 is 0 Å². The van der Waals surface area contributed by atoms with E-state index in [-0.39, 0.29) is 157 Å². The molecule has 0 fully saturated rings. The Labute approximate surface area is 686 Å². The highest BCUT2D eigenvalue weighted by Gasteiger charge is 2.43. The summed E-state index contributed by atoms with van der Waals surface area (Å²) in [7, 11) is 2.65. The molecular formula is C92H58O30. The predicted molar refractivity (Wildman–Crippen MR) is 422 cm³/mol. The summed E-state index contributed by atoms with van der Waals surface area (Å²) < 4.78 is 36.3. The van der Waals surface area contributed by atoms with Crippen molar-refractivity contribution in [2.45, 2.75) is 20.8 Å². The Hall–Kier alpha value is -17.3. The average molecular weight is 1640 g/mol. The zero-order chi connectivity index (χ0) is 87.7. The number of esters is 5. The predicted octanol–water partition coefficient (Wildman–Crippen LogP) is 12.2. The van der Waals surface area contributed by atoms with Crippen molar-refractivity contribution < 1.29 is 146 Å². The quantitative estimate of drug-likeness (QED) is 0.0288. The van der Waals surface area contributed by atoms with Crippen LogP contribution in [0.5, 0.6) is 86.2 Å². The highest BCUT2D eigenvalue weighted by Crippen LogP contribution is 2.50. The van der Waals surface area contributed by atoms with Gasteiger partial charge in [-0.15, -0.1) is 0 Å². The number of methoxy groups -OCH3 is 2. The molecule has 0 bridgehead atoms. The lowest BCUT2D eigenvalue weighted by atomic mass is 9.83. The Morgan fingerprint density at radius 1 is 0.221 bits per heavy atom. The SMILES string of the molecule is CC(=O)Oc1c(OC(=O)c2ccccc2)cc(O)c2c1C(=O)c1ccccc1C2=O.CC(=O)Oc1cc(O)c2c(c1O)C(=O)c1ccccc1C2=O.COc1cc(O)c(O)c2c1C(=O)c1ccccc1C2=O.COc1cc(OC(=O)c2ccccc2)c(OC(C)=O)c2c1C(=O)c1ccccc1C2=O.O=C1c2ccccc2C(=O)c2c(O)c(O)cc(O)c21. The molecule has 30 nitrogen and oxygen atoms in total. The number of rotatable bonds is 9. The van der Waals surface area contributed by atoms with E-state index in [0.29, 0.717) is 0 Å². The summed E-state index contributed by atoms with van der Waals surface area (Å²) in [6, 6.07) is 52.3. The normalized spacial score (nSPS) is 12.4. The van der Waals surface area contributed by atoms with E-state index in [9.17, 15) is 113 Å². The Balaban J connectivity index is 0.000000133. The van der Waals surface area contributed by atoms with Crippen molar-refractivity contribution in [3.63, 3.8) is 0 Å². The molecule has 12 aromatic carbocycles. The first kappa shape index (κ1) is 82.7. The third-order valence-electron chi connectivity index (χ3n) is 19.1. The first-order valence-electron chi connectivity index (χ1n) is 36.0. The summed E-state index contributed by atoms with van der Waals surface area (Å²) in [4.78, 5) is 186. The average Bonchev–Trinajstić information content (AvgIpc) is 0.756.